The highest BCUT2D eigenvalue weighted by atomic mass is 19.4. The zero-order valence-corrected chi connectivity index (χ0v) is 13.1. The van der Waals surface area contributed by atoms with E-state index in [1.54, 1.807) is 11.9 Å². The van der Waals surface area contributed by atoms with Crippen molar-refractivity contribution in [3.05, 3.63) is 33.9 Å². The molecule has 8 heteroatoms. The van der Waals surface area contributed by atoms with E-state index in [1.165, 1.54) is 6.07 Å². The van der Waals surface area contributed by atoms with Crippen LogP contribution in [0, 0.1) is 16.0 Å². The first-order chi connectivity index (χ1) is 10.7. The van der Waals surface area contributed by atoms with Gasteiger partial charge >= 0.3 is 6.18 Å². The van der Waals surface area contributed by atoms with E-state index >= 15 is 0 Å². The monoisotopic (exact) mass is 331 g/mol. The van der Waals surface area contributed by atoms with Crippen LogP contribution in [0.1, 0.15) is 18.4 Å². The second kappa shape index (κ2) is 6.74. The number of nitro groups is 1. The molecule has 2 rings (SSSR count). The van der Waals surface area contributed by atoms with Crippen molar-refractivity contribution in [2.45, 2.75) is 19.0 Å². The summed E-state index contributed by atoms with van der Waals surface area (Å²) in [5.74, 6) is 0.387. The van der Waals surface area contributed by atoms with E-state index in [1.807, 2.05) is 7.05 Å². The molecule has 0 amide bonds. The number of alkyl halides is 3. The summed E-state index contributed by atoms with van der Waals surface area (Å²) in [5, 5.41) is 11.1. The minimum atomic E-state index is -4.59. The Hall–Kier alpha value is -1.83. The van der Waals surface area contributed by atoms with Crippen molar-refractivity contribution >= 4 is 11.4 Å². The topological polar surface area (TPSA) is 49.6 Å². The normalized spacial score (nSPS) is 17.3. The van der Waals surface area contributed by atoms with Crippen LogP contribution in [0.2, 0.25) is 0 Å². The van der Waals surface area contributed by atoms with Crippen LogP contribution in [-0.2, 0) is 6.18 Å². The molecular weight excluding hydrogens is 311 g/mol. The highest BCUT2D eigenvalue weighted by molar-refractivity contribution is 5.64. The van der Waals surface area contributed by atoms with Crippen molar-refractivity contribution in [1.82, 2.24) is 4.90 Å². The number of hydrogen-bond donors (Lipinski definition) is 0. The van der Waals surface area contributed by atoms with E-state index in [-0.39, 0.29) is 5.69 Å². The van der Waals surface area contributed by atoms with E-state index in [4.69, 9.17) is 0 Å². The first-order valence-corrected chi connectivity index (χ1v) is 7.44. The average Bonchev–Trinajstić information content (AvgIpc) is 2.48. The molecule has 0 aliphatic carbocycles. The maximum atomic E-state index is 12.7. The Morgan fingerprint density at radius 2 is 1.96 bits per heavy atom. The van der Waals surface area contributed by atoms with Gasteiger partial charge in [0.25, 0.3) is 5.69 Å². The van der Waals surface area contributed by atoms with Crippen molar-refractivity contribution in [1.29, 1.82) is 0 Å². The van der Waals surface area contributed by atoms with Crippen molar-refractivity contribution < 1.29 is 18.1 Å². The molecule has 0 aromatic heterocycles. The number of piperidine rings is 1. The molecule has 1 fully saturated rings. The van der Waals surface area contributed by atoms with Crippen molar-refractivity contribution in [3.63, 3.8) is 0 Å². The molecule has 0 atom stereocenters. The molecule has 5 nitrogen and oxygen atoms in total. The lowest BCUT2D eigenvalue weighted by molar-refractivity contribution is -0.384. The molecule has 128 valence electrons. The molecule has 23 heavy (non-hydrogen) atoms. The molecule has 0 bridgehead atoms. The van der Waals surface area contributed by atoms with Gasteiger partial charge in [-0.25, -0.2) is 0 Å². The fourth-order valence-corrected chi connectivity index (χ4v) is 2.90. The van der Waals surface area contributed by atoms with Crippen LogP contribution < -0.4 is 4.90 Å². The molecule has 1 aliphatic rings. The molecule has 0 saturated carbocycles. The van der Waals surface area contributed by atoms with Crippen LogP contribution in [0.4, 0.5) is 24.5 Å². The quantitative estimate of drug-likeness (QED) is 0.627. The largest absolute Gasteiger partial charge is 0.416 e. The summed E-state index contributed by atoms with van der Waals surface area (Å²) < 4.78 is 38.2. The molecule has 1 saturated heterocycles. The van der Waals surface area contributed by atoms with Gasteiger partial charge in [-0.2, -0.15) is 13.2 Å². The number of nitro benzene ring substituents is 1. The Morgan fingerprint density at radius 1 is 1.35 bits per heavy atom. The van der Waals surface area contributed by atoms with Gasteiger partial charge in [0, 0.05) is 19.7 Å². The Labute approximate surface area is 132 Å². The minimum Gasteiger partial charge on any atom is -0.369 e. The molecule has 0 spiro atoms. The molecular formula is C15H20F3N3O2. The number of hydrogen-bond acceptors (Lipinski definition) is 4. The number of nitrogens with zero attached hydrogens (tertiary/aromatic N) is 3. The highest BCUT2D eigenvalue weighted by Gasteiger charge is 2.33. The zero-order chi connectivity index (χ0) is 17.2. The average molecular weight is 331 g/mol. The van der Waals surface area contributed by atoms with Gasteiger partial charge in [0.05, 0.1) is 10.5 Å². The van der Waals surface area contributed by atoms with Gasteiger partial charge in [0.15, 0.2) is 0 Å². The van der Waals surface area contributed by atoms with Crippen LogP contribution in [0.3, 0.4) is 0 Å². The van der Waals surface area contributed by atoms with Crippen LogP contribution in [0.5, 0.6) is 0 Å². The van der Waals surface area contributed by atoms with Crippen molar-refractivity contribution in [2.24, 2.45) is 5.92 Å². The standard InChI is InChI=1S/C15H20F3N3O2/c1-19-7-5-11(6-8-19)10-20(2)13-4-3-12(15(16,17)18)9-14(13)21(22)23/h3-4,9,11H,5-8,10H2,1-2H3. The second-order valence-electron chi connectivity index (χ2n) is 6.09. The lowest BCUT2D eigenvalue weighted by Crippen LogP contribution is -2.35. The van der Waals surface area contributed by atoms with Crippen LogP contribution in [-0.4, -0.2) is 43.6 Å². The van der Waals surface area contributed by atoms with E-state index < -0.39 is 22.4 Å². The smallest absolute Gasteiger partial charge is 0.369 e. The third-order valence-electron chi connectivity index (χ3n) is 4.28. The summed E-state index contributed by atoms with van der Waals surface area (Å²) in [6.45, 7) is 2.53. The van der Waals surface area contributed by atoms with E-state index in [0.29, 0.717) is 18.5 Å². The first-order valence-electron chi connectivity index (χ1n) is 7.44. The number of rotatable bonds is 4. The number of likely N-dealkylation sites (tertiary alicyclic amines) is 1. The summed E-state index contributed by atoms with van der Waals surface area (Å²) in [6, 6.07) is 2.70. The van der Waals surface area contributed by atoms with Gasteiger partial charge in [0.2, 0.25) is 0 Å². The maximum absolute atomic E-state index is 12.7. The minimum absolute atomic E-state index is 0.224. The third kappa shape index (κ3) is 4.34. The van der Waals surface area contributed by atoms with Gasteiger partial charge in [-0.3, -0.25) is 10.1 Å². The van der Waals surface area contributed by atoms with Crippen molar-refractivity contribution in [2.75, 3.05) is 38.6 Å². The van der Waals surface area contributed by atoms with Gasteiger partial charge in [0.1, 0.15) is 5.69 Å². The predicted molar refractivity (Wildman–Crippen MR) is 81.6 cm³/mol. The van der Waals surface area contributed by atoms with Gasteiger partial charge < -0.3 is 9.80 Å². The van der Waals surface area contributed by atoms with Crippen LogP contribution in [0.25, 0.3) is 0 Å². The SMILES string of the molecule is CN1CCC(CN(C)c2ccc(C(F)(F)F)cc2[N+](=O)[O-])CC1. The van der Waals surface area contributed by atoms with E-state index in [2.05, 4.69) is 4.90 Å². The molecule has 1 heterocycles. The van der Waals surface area contributed by atoms with Crippen molar-refractivity contribution in [3.8, 4) is 0 Å². The molecule has 0 N–H and O–H groups in total. The van der Waals surface area contributed by atoms with Crippen LogP contribution in [0.15, 0.2) is 18.2 Å². The Kier molecular flexibility index (Phi) is 5.13. The Balaban J connectivity index is 2.19. The highest BCUT2D eigenvalue weighted by Crippen LogP contribution is 2.36. The Bertz CT molecular complexity index is 570. The fraction of sp³-hybridized carbons (Fsp3) is 0.600. The summed E-state index contributed by atoms with van der Waals surface area (Å²) in [7, 11) is 3.73. The lowest BCUT2D eigenvalue weighted by atomic mass is 9.96. The number of anilines is 1. The third-order valence-corrected chi connectivity index (χ3v) is 4.28. The van der Waals surface area contributed by atoms with Gasteiger partial charge in [-0.05, 0) is 51.0 Å². The van der Waals surface area contributed by atoms with Gasteiger partial charge in [-0.1, -0.05) is 0 Å². The molecule has 0 radical (unpaired) electrons. The number of benzene rings is 1. The summed E-state index contributed by atoms with van der Waals surface area (Å²) in [5.41, 5.74) is -1.28. The lowest BCUT2D eigenvalue weighted by Gasteiger charge is -2.32. The Morgan fingerprint density at radius 3 is 2.48 bits per heavy atom. The fourth-order valence-electron chi connectivity index (χ4n) is 2.90. The second-order valence-corrected chi connectivity index (χ2v) is 6.09. The maximum Gasteiger partial charge on any atom is 0.416 e. The summed E-state index contributed by atoms with van der Waals surface area (Å²) >= 11 is 0. The molecule has 1 aromatic rings. The van der Waals surface area contributed by atoms with Gasteiger partial charge in [-0.15, -0.1) is 0 Å². The first kappa shape index (κ1) is 17.5. The number of halogens is 3. The van der Waals surface area contributed by atoms with Crippen LogP contribution >= 0.6 is 0 Å². The summed E-state index contributed by atoms with van der Waals surface area (Å²) in [4.78, 5) is 14.3. The predicted octanol–water partition coefficient (Wildman–Crippen LogP) is 3.39. The molecule has 0 unspecified atom stereocenters. The molecule has 1 aliphatic heterocycles. The summed E-state index contributed by atoms with van der Waals surface area (Å²) in [6.07, 6.45) is -2.62. The zero-order valence-electron chi connectivity index (χ0n) is 13.1. The molecule has 1 aromatic carbocycles. The van der Waals surface area contributed by atoms with E-state index in [0.717, 1.165) is 32.0 Å². The van der Waals surface area contributed by atoms with E-state index in [9.17, 15) is 23.3 Å².